The molecule has 0 aliphatic carbocycles. The van der Waals surface area contributed by atoms with Crippen LogP contribution in [0.4, 0.5) is 11.4 Å². The van der Waals surface area contributed by atoms with Gasteiger partial charge in [0, 0.05) is 12.6 Å². The minimum atomic E-state index is -3.68. The first kappa shape index (κ1) is 15.4. The van der Waals surface area contributed by atoms with E-state index in [2.05, 4.69) is 5.32 Å². The summed E-state index contributed by atoms with van der Waals surface area (Å²) in [7, 11) is -3.68. The van der Waals surface area contributed by atoms with Crippen LogP contribution in [0.25, 0.3) is 0 Å². The zero-order valence-electron chi connectivity index (χ0n) is 12.5. The fourth-order valence-electron chi connectivity index (χ4n) is 2.43. The Kier molecular flexibility index (Phi) is 3.96. The first-order chi connectivity index (χ1) is 11.0. The fourth-order valence-corrected chi connectivity index (χ4v) is 3.89. The number of benzene rings is 2. The Bertz CT molecular complexity index is 831. The Hall–Kier alpha value is -2.54. The highest BCUT2D eigenvalue weighted by molar-refractivity contribution is 7.92. The van der Waals surface area contributed by atoms with Gasteiger partial charge in [-0.1, -0.05) is 12.1 Å². The summed E-state index contributed by atoms with van der Waals surface area (Å²) in [6.45, 7) is 1.96. The van der Waals surface area contributed by atoms with Crippen LogP contribution < -0.4 is 14.4 Å². The molecule has 0 radical (unpaired) electrons. The highest BCUT2D eigenvalue weighted by Gasteiger charge is 2.29. The predicted octanol–water partition coefficient (Wildman–Crippen LogP) is 2.23. The van der Waals surface area contributed by atoms with E-state index >= 15 is 0 Å². The van der Waals surface area contributed by atoms with E-state index in [4.69, 9.17) is 4.74 Å². The van der Waals surface area contributed by atoms with Crippen LogP contribution in [-0.2, 0) is 14.8 Å². The van der Waals surface area contributed by atoms with Crippen LogP contribution in [0.15, 0.2) is 53.4 Å². The lowest BCUT2D eigenvalue weighted by Gasteiger charge is -2.30. The van der Waals surface area contributed by atoms with Crippen molar-refractivity contribution < 1.29 is 17.9 Å². The molecule has 0 unspecified atom stereocenters. The number of carbonyl (C=O) groups is 1. The Morgan fingerprint density at radius 3 is 2.52 bits per heavy atom. The summed E-state index contributed by atoms with van der Waals surface area (Å²) in [5.41, 5.74) is 1.09. The third kappa shape index (κ3) is 3.00. The molecule has 2 aromatic carbocycles. The number of ether oxygens (including phenoxy) is 1. The van der Waals surface area contributed by atoms with Crippen molar-refractivity contribution >= 4 is 27.3 Å². The summed E-state index contributed by atoms with van der Waals surface area (Å²) in [6.07, 6.45) is 0. The Morgan fingerprint density at radius 1 is 1.13 bits per heavy atom. The van der Waals surface area contributed by atoms with Gasteiger partial charge in [0.25, 0.3) is 10.0 Å². The maximum atomic E-state index is 12.9. The summed E-state index contributed by atoms with van der Waals surface area (Å²) in [5.74, 6) is 0.347. The normalized spacial score (nSPS) is 13.9. The van der Waals surface area contributed by atoms with E-state index in [-0.39, 0.29) is 17.3 Å². The van der Waals surface area contributed by atoms with E-state index in [1.807, 2.05) is 0 Å². The fraction of sp³-hybridized carbons (Fsp3) is 0.188. The van der Waals surface area contributed by atoms with Crippen LogP contribution in [0.1, 0.15) is 6.92 Å². The van der Waals surface area contributed by atoms with Crippen LogP contribution in [0, 0.1) is 0 Å². The zero-order valence-corrected chi connectivity index (χ0v) is 13.3. The lowest BCUT2D eigenvalue weighted by Crippen LogP contribution is -2.37. The van der Waals surface area contributed by atoms with E-state index in [1.165, 1.54) is 23.4 Å². The summed E-state index contributed by atoms with van der Waals surface area (Å²) >= 11 is 0. The summed E-state index contributed by atoms with van der Waals surface area (Å²) in [4.78, 5) is 11.2. The summed E-state index contributed by atoms with van der Waals surface area (Å²) in [6, 6.07) is 13.2. The molecule has 0 bridgehead atoms. The number of fused-ring (bicyclic) bond motifs is 1. The van der Waals surface area contributed by atoms with Gasteiger partial charge in [-0.25, -0.2) is 8.42 Å². The molecular weight excluding hydrogens is 316 g/mol. The number of carbonyl (C=O) groups excluding carboxylic acids is 1. The van der Waals surface area contributed by atoms with Crippen molar-refractivity contribution in [2.75, 3.05) is 22.8 Å². The van der Waals surface area contributed by atoms with Crippen molar-refractivity contribution in [1.82, 2.24) is 0 Å². The zero-order chi connectivity index (χ0) is 16.4. The molecule has 0 saturated heterocycles. The lowest BCUT2D eigenvalue weighted by molar-refractivity contribution is -0.114. The van der Waals surface area contributed by atoms with Crippen molar-refractivity contribution in [3.05, 3.63) is 48.5 Å². The maximum absolute atomic E-state index is 12.9. The van der Waals surface area contributed by atoms with E-state index < -0.39 is 10.0 Å². The van der Waals surface area contributed by atoms with Gasteiger partial charge in [-0.05, 0) is 36.4 Å². The number of hydrogen-bond donors (Lipinski definition) is 1. The largest absolute Gasteiger partial charge is 0.489 e. The Balaban J connectivity index is 1.95. The third-order valence-electron chi connectivity index (χ3n) is 3.45. The molecule has 1 amide bonds. The molecule has 0 fully saturated rings. The van der Waals surface area contributed by atoms with Gasteiger partial charge in [-0.3, -0.25) is 9.10 Å². The van der Waals surface area contributed by atoms with Crippen LogP contribution in [-0.4, -0.2) is 27.5 Å². The van der Waals surface area contributed by atoms with Crippen LogP contribution in [0.5, 0.6) is 5.75 Å². The minimum absolute atomic E-state index is 0.170. The quantitative estimate of drug-likeness (QED) is 0.935. The van der Waals surface area contributed by atoms with Gasteiger partial charge in [-0.15, -0.1) is 0 Å². The second kappa shape index (κ2) is 5.92. The van der Waals surface area contributed by atoms with Crippen molar-refractivity contribution in [3.8, 4) is 5.75 Å². The van der Waals surface area contributed by atoms with Gasteiger partial charge in [0.1, 0.15) is 12.4 Å². The van der Waals surface area contributed by atoms with Crippen LogP contribution in [0.3, 0.4) is 0 Å². The van der Waals surface area contributed by atoms with Crippen LogP contribution in [0.2, 0.25) is 0 Å². The van der Waals surface area contributed by atoms with Gasteiger partial charge in [0.05, 0.1) is 17.1 Å². The molecule has 2 aromatic rings. The molecule has 0 saturated carbocycles. The van der Waals surface area contributed by atoms with Gasteiger partial charge in [0.15, 0.2) is 0 Å². The molecule has 120 valence electrons. The SMILES string of the molecule is CC(=O)Nc1ccc(S(=O)(=O)N2CCOc3ccccc32)cc1. The molecule has 3 rings (SSSR count). The molecule has 0 spiro atoms. The van der Waals surface area contributed by atoms with Gasteiger partial charge in [0.2, 0.25) is 5.91 Å². The number of para-hydroxylation sites is 2. The van der Waals surface area contributed by atoms with Gasteiger partial charge >= 0.3 is 0 Å². The lowest BCUT2D eigenvalue weighted by atomic mass is 10.2. The highest BCUT2D eigenvalue weighted by Crippen LogP contribution is 2.34. The van der Waals surface area contributed by atoms with Crippen molar-refractivity contribution in [2.24, 2.45) is 0 Å². The molecular formula is C16H16N2O4S. The number of amides is 1. The van der Waals surface area contributed by atoms with E-state index in [0.29, 0.717) is 23.7 Å². The Morgan fingerprint density at radius 2 is 1.83 bits per heavy atom. The first-order valence-corrected chi connectivity index (χ1v) is 8.55. The molecule has 1 N–H and O–H groups in total. The topological polar surface area (TPSA) is 75.7 Å². The number of nitrogens with zero attached hydrogens (tertiary/aromatic N) is 1. The second-order valence-electron chi connectivity index (χ2n) is 5.10. The summed E-state index contributed by atoms with van der Waals surface area (Å²) in [5, 5.41) is 2.61. The number of hydrogen-bond acceptors (Lipinski definition) is 4. The Labute approximate surface area is 134 Å². The highest BCUT2D eigenvalue weighted by atomic mass is 32.2. The van der Waals surface area contributed by atoms with Crippen molar-refractivity contribution in [3.63, 3.8) is 0 Å². The molecule has 0 aromatic heterocycles. The average molecular weight is 332 g/mol. The van der Waals surface area contributed by atoms with Crippen molar-refractivity contribution in [2.45, 2.75) is 11.8 Å². The molecule has 6 nitrogen and oxygen atoms in total. The molecule has 1 heterocycles. The number of nitrogens with one attached hydrogen (secondary N) is 1. The molecule has 0 atom stereocenters. The standard InChI is InChI=1S/C16H16N2O4S/c1-12(19)17-13-6-8-14(9-7-13)23(20,21)18-10-11-22-16-5-3-2-4-15(16)18/h2-9H,10-11H2,1H3,(H,17,19). The van der Waals surface area contributed by atoms with Crippen molar-refractivity contribution in [1.29, 1.82) is 0 Å². The first-order valence-electron chi connectivity index (χ1n) is 7.11. The predicted molar refractivity (Wildman–Crippen MR) is 87.2 cm³/mol. The van der Waals surface area contributed by atoms with E-state index in [1.54, 1.807) is 36.4 Å². The smallest absolute Gasteiger partial charge is 0.264 e. The number of sulfonamides is 1. The van der Waals surface area contributed by atoms with Gasteiger partial charge < -0.3 is 10.1 Å². The summed E-state index contributed by atoms with van der Waals surface area (Å²) < 4.78 is 32.6. The minimum Gasteiger partial charge on any atom is -0.489 e. The van der Waals surface area contributed by atoms with Gasteiger partial charge in [-0.2, -0.15) is 0 Å². The third-order valence-corrected chi connectivity index (χ3v) is 5.28. The second-order valence-corrected chi connectivity index (χ2v) is 6.96. The van der Waals surface area contributed by atoms with E-state index in [9.17, 15) is 13.2 Å². The van der Waals surface area contributed by atoms with E-state index in [0.717, 1.165) is 0 Å². The molecule has 7 heteroatoms. The maximum Gasteiger partial charge on any atom is 0.264 e. The monoisotopic (exact) mass is 332 g/mol. The number of anilines is 2. The molecule has 23 heavy (non-hydrogen) atoms. The number of rotatable bonds is 3. The molecule has 1 aliphatic heterocycles. The van der Waals surface area contributed by atoms with Crippen LogP contribution >= 0.6 is 0 Å². The molecule has 1 aliphatic rings. The average Bonchev–Trinajstić information content (AvgIpc) is 2.54.